The molecule has 6 heteroatoms. The number of hydrogen-bond donors (Lipinski definition) is 2. The molecular weight excluding hydrogens is 246 g/mol. The van der Waals surface area contributed by atoms with Crippen LogP contribution in [-0.2, 0) is 23.1 Å². The van der Waals surface area contributed by atoms with Crippen molar-refractivity contribution < 1.29 is 14.7 Å². The first-order valence-corrected chi connectivity index (χ1v) is 6.28. The molecule has 1 unspecified atom stereocenters. The van der Waals surface area contributed by atoms with E-state index < -0.39 is 5.97 Å². The van der Waals surface area contributed by atoms with Gasteiger partial charge in [0.1, 0.15) is 0 Å². The number of rotatable bonds is 6. The molecular formula is C13H21N3O3. The quantitative estimate of drug-likeness (QED) is 0.798. The fraction of sp³-hybridized carbons (Fsp3) is 0.615. The van der Waals surface area contributed by atoms with Gasteiger partial charge in [-0.25, -0.2) is 0 Å². The summed E-state index contributed by atoms with van der Waals surface area (Å²) in [6.07, 6.45) is 0.344. The number of carboxylic acids is 1. The number of aromatic nitrogens is 2. The van der Waals surface area contributed by atoms with Gasteiger partial charge in [0, 0.05) is 31.3 Å². The summed E-state index contributed by atoms with van der Waals surface area (Å²) < 4.78 is 1.75. The fourth-order valence-corrected chi connectivity index (χ4v) is 1.95. The van der Waals surface area contributed by atoms with E-state index in [2.05, 4.69) is 10.4 Å². The number of aryl methyl sites for hydroxylation is 2. The molecule has 1 amide bonds. The van der Waals surface area contributed by atoms with Gasteiger partial charge in [0.2, 0.25) is 5.91 Å². The number of aliphatic carboxylic acids is 1. The van der Waals surface area contributed by atoms with Crippen LogP contribution in [0, 0.1) is 19.8 Å². The van der Waals surface area contributed by atoms with E-state index in [9.17, 15) is 9.59 Å². The number of hydrogen-bond acceptors (Lipinski definition) is 3. The maximum atomic E-state index is 11.8. The predicted octanol–water partition coefficient (Wildman–Crippen LogP) is 0.806. The monoisotopic (exact) mass is 267 g/mol. The predicted molar refractivity (Wildman–Crippen MR) is 70.8 cm³/mol. The third-order valence-electron chi connectivity index (χ3n) is 3.17. The minimum atomic E-state index is -0.847. The van der Waals surface area contributed by atoms with Crippen LogP contribution >= 0.6 is 0 Å². The Balaban J connectivity index is 2.49. The summed E-state index contributed by atoms with van der Waals surface area (Å²) in [5, 5.41) is 15.7. The molecule has 0 saturated heterocycles. The lowest BCUT2D eigenvalue weighted by Crippen LogP contribution is -2.30. The first kappa shape index (κ1) is 15.2. The van der Waals surface area contributed by atoms with Crippen LogP contribution in [0.5, 0.6) is 0 Å². The van der Waals surface area contributed by atoms with Crippen molar-refractivity contribution in [3.05, 3.63) is 17.0 Å². The molecule has 1 rings (SSSR count). The maximum absolute atomic E-state index is 11.8. The minimum Gasteiger partial charge on any atom is -0.481 e. The number of nitrogens with zero attached hydrogens (tertiary/aromatic N) is 2. The van der Waals surface area contributed by atoms with Crippen LogP contribution in [0.4, 0.5) is 0 Å². The van der Waals surface area contributed by atoms with Crippen molar-refractivity contribution in [1.29, 1.82) is 0 Å². The molecule has 1 atom stereocenters. The van der Waals surface area contributed by atoms with Gasteiger partial charge in [0.15, 0.2) is 0 Å². The second-order valence-electron chi connectivity index (χ2n) is 4.96. The Kier molecular flexibility index (Phi) is 5.09. The van der Waals surface area contributed by atoms with E-state index in [0.29, 0.717) is 6.54 Å². The highest BCUT2D eigenvalue weighted by molar-refractivity contribution is 5.79. The lowest BCUT2D eigenvalue weighted by Gasteiger charge is -2.10. The Morgan fingerprint density at radius 2 is 2.05 bits per heavy atom. The SMILES string of the molecule is Cc1nn(C)c(C)c1CC(=O)NCC(C)CC(=O)O. The molecule has 1 aromatic rings. The third kappa shape index (κ3) is 4.39. The Bertz CT molecular complexity index is 480. The van der Waals surface area contributed by atoms with Crippen LogP contribution in [0.15, 0.2) is 0 Å². The molecule has 0 fully saturated rings. The second kappa shape index (κ2) is 6.36. The Morgan fingerprint density at radius 1 is 1.42 bits per heavy atom. The zero-order valence-corrected chi connectivity index (χ0v) is 11.9. The normalized spacial score (nSPS) is 12.2. The molecule has 0 aliphatic carbocycles. The molecule has 0 bridgehead atoms. The molecule has 106 valence electrons. The molecule has 19 heavy (non-hydrogen) atoms. The van der Waals surface area contributed by atoms with E-state index >= 15 is 0 Å². The number of carbonyl (C=O) groups excluding carboxylic acids is 1. The van der Waals surface area contributed by atoms with E-state index in [4.69, 9.17) is 5.11 Å². The maximum Gasteiger partial charge on any atom is 0.303 e. The van der Waals surface area contributed by atoms with Crippen LogP contribution < -0.4 is 5.32 Å². The summed E-state index contributed by atoms with van der Waals surface area (Å²) >= 11 is 0. The molecule has 0 aliphatic rings. The van der Waals surface area contributed by atoms with Crippen LogP contribution in [-0.4, -0.2) is 33.3 Å². The molecule has 0 spiro atoms. The average Bonchev–Trinajstić information content (AvgIpc) is 2.52. The first-order valence-electron chi connectivity index (χ1n) is 6.28. The fourth-order valence-electron chi connectivity index (χ4n) is 1.95. The molecule has 0 saturated carbocycles. The standard InChI is InChI=1S/C13H21N3O3/c1-8(5-13(18)19)7-14-12(17)6-11-9(2)15-16(4)10(11)3/h8H,5-7H2,1-4H3,(H,14,17)(H,18,19). The lowest BCUT2D eigenvalue weighted by atomic mass is 10.1. The van der Waals surface area contributed by atoms with E-state index in [1.165, 1.54) is 0 Å². The van der Waals surface area contributed by atoms with E-state index in [0.717, 1.165) is 17.0 Å². The molecule has 0 aromatic carbocycles. The highest BCUT2D eigenvalue weighted by Gasteiger charge is 2.14. The van der Waals surface area contributed by atoms with Gasteiger partial charge in [-0.3, -0.25) is 14.3 Å². The summed E-state index contributed by atoms with van der Waals surface area (Å²) in [5.74, 6) is -1.02. The Hall–Kier alpha value is -1.85. The summed E-state index contributed by atoms with van der Waals surface area (Å²) in [5.41, 5.74) is 2.77. The van der Waals surface area contributed by atoms with Crippen molar-refractivity contribution in [2.24, 2.45) is 13.0 Å². The largest absolute Gasteiger partial charge is 0.481 e. The summed E-state index contributed by atoms with van der Waals surface area (Å²) in [6.45, 7) is 5.98. The number of carbonyl (C=O) groups is 2. The summed E-state index contributed by atoms with van der Waals surface area (Å²) in [4.78, 5) is 22.3. The van der Waals surface area contributed by atoms with Gasteiger partial charge in [-0.1, -0.05) is 6.92 Å². The Morgan fingerprint density at radius 3 is 2.53 bits per heavy atom. The molecule has 1 aromatic heterocycles. The van der Waals surface area contributed by atoms with Gasteiger partial charge in [-0.15, -0.1) is 0 Å². The Labute approximate surface area is 112 Å². The lowest BCUT2D eigenvalue weighted by molar-refractivity contribution is -0.138. The number of carboxylic acid groups (broad SMARTS) is 1. The zero-order chi connectivity index (χ0) is 14.6. The van der Waals surface area contributed by atoms with E-state index in [1.807, 2.05) is 20.9 Å². The van der Waals surface area contributed by atoms with Gasteiger partial charge in [-0.05, 0) is 19.8 Å². The number of amides is 1. The highest BCUT2D eigenvalue weighted by Crippen LogP contribution is 2.12. The van der Waals surface area contributed by atoms with Gasteiger partial charge in [-0.2, -0.15) is 5.10 Å². The van der Waals surface area contributed by atoms with Gasteiger partial charge < -0.3 is 10.4 Å². The molecule has 2 N–H and O–H groups in total. The van der Waals surface area contributed by atoms with Crippen molar-refractivity contribution in [2.45, 2.75) is 33.6 Å². The average molecular weight is 267 g/mol. The van der Waals surface area contributed by atoms with Crippen LogP contribution in [0.3, 0.4) is 0 Å². The van der Waals surface area contributed by atoms with Crippen molar-refractivity contribution >= 4 is 11.9 Å². The van der Waals surface area contributed by atoms with Gasteiger partial charge in [0.05, 0.1) is 12.1 Å². The van der Waals surface area contributed by atoms with Crippen molar-refractivity contribution in [3.8, 4) is 0 Å². The molecule has 6 nitrogen and oxygen atoms in total. The van der Waals surface area contributed by atoms with Gasteiger partial charge in [0.25, 0.3) is 0 Å². The van der Waals surface area contributed by atoms with E-state index in [-0.39, 0.29) is 24.7 Å². The molecule has 0 aliphatic heterocycles. The molecule has 1 heterocycles. The zero-order valence-electron chi connectivity index (χ0n) is 11.9. The van der Waals surface area contributed by atoms with E-state index in [1.54, 1.807) is 11.6 Å². The summed E-state index contributed by atoms with van der Waals surface area (Å²) in [7, 11) is 1.85. The minimum absolute atomic E-state index is 0.0607. The molecule has 0 radical (unpaired) electrons. The van der Waals surface area contributed by atoms with Crippen molar-refractivity contribution in [2.75, 3.05) is 6.54 Å². The van der Waals surface area contributed by atoms with Crippen LogP contribution in [0.2, 0.25) is 0 Å². The van der Waals surface area contributed by atoms with Crippen molar-refractivity contribution in [1.82, 2.24) is 15.1 Å². The van der Waals surface area contributed by atoms with Crippen LogP contribution in [0.1, 0.15) is 30.3 Å². The summed E-state index contributed by atoms with van der Waals surface area (Å²) in [6, 6.07) is 0. The topological polar surface area (TPSA) is 84.2 Å². The second-order valence-corrected chi connectivity index (χ2v) is 4.96. The van der Waals surface area contributed by atoms with Crippen LogP contribution in [0.25, 0.3) is 0 Å². The van der Waals surface area contributed by atoms with Gasteiger partial charge >= 0.3 is 5.97 Å². The smallest absolute Gasteiger partial charge is 0.303 e. The first-order chi connectivity index (χ1) is 8.81. The van der Waals surface area contributed by atoms with Crippen molar-refractivity contribution in [3.63, 3.8) is 0 Å². The number of nitrogens with one attached hydrogen (secondary N) is 1. The highest BCUT2D eigenvalue weighted by atomic mass is 16.4. The third-order valence-corrected chi connectivity index (χ3v) is 3.17.